The van der Waals surface area contributed by atoms with Crippen LogP contribution in [0.15, 0.2) is 24.3 Å². The van der Waals surface area contributed by atoms with Crippen molar-refractivity contribution < 1.29 is 9.47 Å². The van der Waals surface area contributed by atoms with Crippen molar-refractivity contribution in [1.29, 1.82) is 0 Å². The predicted molar refractivity (Wildman–Crippen MR) is 110 cm³/mol. The molecule has 0 aliphatic carbocycles. The summed E-state index contributed by atoms with van der Waals surface area (Å²) in [7, 11) is 1.86. The van der Waals surface area contributed by atoms with E-state index in [0.717, 1.165) is 25.3 Å². The van der Waals surface area contributed by atoms with Crippen molar-refractivity contribution in [2.45, 2.75) is 71.3 Å². The SMILES string of the molecule is CCCCCN1CC[C@H](CCOc2ccc(C(C)(C)C)cc2)[C@@H](OC)C1. The molecule has 1 aromatic carbocycles. The van der Waals surface area contributed by atoms with Crippen molar-refractivity contribution >= 4 is 0 Å². The minimum absolute atomic E-state index is 0.190. The van der Waals surface area contributed by atoms with E-state index in [4.69, 9.17) is 9.47 Å². The van der Waals surface area contributed by atoms with Crippen LogP contribution in [0.2, 0.25) is 0 Å². The standard InChI is InChI=1S/C23H39NO2/c1-6-7-8-15-24-16-13-19(22(18-24)25-5)14-17-26-21-11-9-20(10-12-21)23(2,3)4/h9-12,19,22H,6-8,13-18H2,1-5H3/t19-,22+/m1/s1. The minimum atomic E-state index is 0.190. The first-order valence-corrected chi connectivity index (χ1v) is 10.4. The maximum Gasteiger partial charge on any atom is 0.119 e. The molecule has 26 heavy (non-hydrogen) atoms. The summed E-state index contributed by atoms with van der Waals surface area (Å²) in [5.74, 6) is 1.58. The third-order valence-electron chi connectivity index (χ3n) is 5.64. The molecule has 0 saturated carbocycles. The average Bonchev–Trinajstić information content (AvgIpc) is 2.62. The van der Waals surface area contributed by atoms with E-state index in [2.05, 4.69) is 56.9 Å². The fourth-order valence-corrected chi connectivity index (χ4v) is 3.79. The molecule has 0 N–H and O–H groups in total. The van der Waals surface area contributed by atoms with Gasteiger partial charge >= 0.3 is 0 Å². The van der Waals surface area contributed by atoms with Gasteiger partial charge in [0.05, 0.1) is 12.7 Å². The smallest absolute Gasteiger partial charge is 0.119 e. The lowest BCUT2D eigenvalue weighted by atomic mass is 9.87. The molecule has 1 saturated heterocycles. The van der Waals surface area contributed by atoms with Gasteiger partial charge in [-0.3, -0.25) is 0 Å². The molecule has 3 heteroatoms. The Balaban J connectivity index is 1.75. The van der Waals surface area contributed by atoms with Crippen LogP contribution in [0.25, 0.3) is 0 Å². The second kappa shape index (κ2) is 10.3. The van der Waals surface area contributed by atoms with Crippen LogP contribution in [-0.4, -0.2) is 44.4 Å². The summed E-state index contributed by atoms with van der Waals surface area (Å²) in [6.45, 7) is 13.2. The molecule has 0 unspecified atom stereocenters. The van der Waals surface area contributed by atoms with Crippen molar-refractivity contribution in [3.8, 4) is 5.75 Å². The van der Waals surface area contributed by atoms with Crippen molar-refractivity contribution in [2.75, 3.05) is 33.4 Å². The maximum absolute atomic E-state index is 6.01. The van der Waals surface area contributed by atoms with Crippen LogP contribution in [-0.2, 0) is 10.2 Å². The summed E-state index contributed by atoms with van der Waals surface area (Å²) < 4.78 is 11.8. The Kier molecular flexibility index (Phi) is 8.43. The summed E-state index contributed by atoms with van der Waals surface area (Å²) in [4.78, 5) is 2.58. The van der Waals surface area contributed by atoms with Gasteiger partial charge in [-0.1, -0.05) is 52.7 Å². The number of nitrogens with zero attached hydrogens (tertiary/aromatic N) is 1. The highest BCUT2D eigenvalue weighted by Gasteiger charge is 2.28. The molecular weight excluding hydrogens is 322 g/mol. The lowest BCUT2D eigenvalue weighted by Crippen LogP contribution is -2.45. The normalized spacial score (nSPS) is 21.7. The Morgan fingerprint density at radius 3 is 2.46 bits per heavy atom. The van der Waals surface area contributed by atoms with E-state index in [-0.39, 0.29) is 5.41 Å². The first-order valence-electron chi connectivity index (χ1n) is 10.4. The van der Waals surface area contributed by atoms with Crippen molar-refractivity contribution in [1.82, 2.24) is 4.90 Å². The Bertz CT molecular complexity index is 506. The number of methoxy groups -OCH3 is 1. The van der Waals surface area contributed by atoms with Crippen LogP contribution in [0, 0.1) is 5.92 Å². The Morgan fingerprint density at radius 2 is 1.85 bits per heavy atom. The second-order valence-electron chi connectivity index (χ2n) is 8.74. The summed E-state index contributed by atoms with van der Waals surface area (Å²) in [6.07, 6.45) is 6.57. The largest absolute Gasteiger partial charge is 0.494 e. The van der Waals surface area contributed by atoms with Crippen LogP contribution in [0.5, 0.6) is 5.75 Å². The highest BCUT2D eigenvalue weighted by atomic mass is 16.5. The molecule has 1 heterocycles. The molecule has 1 aliphatic rings. The molecule has 1 aromatic rings. The number of hydrogen-bond acceptors (Lipinski definition) is 3. The molecule has 3 nitrogen and oxygen atoms in total. The molecule has 0 radical (unpaired) electrons. The van der Waals surface area contributed by atoms with E-state index in [1.54, 1.807) is 0 Å². The van der Waals surface area contributed by atoms with Gasteiger partial charge in [-0.25, -0.2) is 0 Å². The zero-order valence-corrected chi connectivity index (χ0v) is 17.6. The summed E-state index contributed by atoms with van der Waals surface area (Å²) in [5.41, 5.74) is 1.54. The van der Waals surface area contributed by atoms with E-state index < -0.39 is 0 Å². The van der Waals surface area contributed by atoms with Crippen LogP contribution in [0.3, 0.4) is 0 Å². The van der Waals surface area contributed by atoms with Gasteiger partial charge < -0.3 is 14.4 Å². The molecule has 1 fully saturated rings. The summed E-state index contributed by atoms with van der Waals surface area (Å²) in [5, 5.41) is 0. The Hall–Kier alpha value is -1.06. The zero-order valence-electron chi connectivity index (χ0n) is 17.6. The third-order valence-corrected chi connectivity index (χ3v) is 5.64. The van der Waals surface area contributed by atoms with Gasteiger partial charge in [-0.05, 0) is 61.4 Å². The third kappa shape index (κ3) is 6.59. The molecule has 0 aromatic heterocycles. The molecule has 2 atom stereocenters. The number of rotatable bonds is 9. The number of benzene rings is 1. The van der Waals surface area contributed by atoms with E-state index in [9.17, 15) is 0 Å². The van der Waals surface area contributed by atoms with Crippen LogP contribution >= 0.6 is 0 Å². The quantitative estimate of drug-likeness (QED) is 0.559. The van der Waals surface area contributed by atoms with Crippen molar-refractivity contribution in [2.24, 2.45) is 5.92 Å². The van der Waals surface area contributed by atoms with Gasteiger partial charge in [0.15, 0.2) is 0 Å². The van der Waals surface area contributed by atoms with Gasteiger partial charge in [-0.15, -0.1) is 0 Å². The number of ether oxygens (including phenoxy) is 2. The first kappa shape index (κ1) is 21.2. The fourth-order valence-electron chi connectivity index (χ4n) is 3.79. The fraction of sp³-hybridized carbons (Fsp3) is 0.739. The molecule has 2 rings (SSSR count). The second-order valence-corrected chi connectivity index (χ2v) is 8.74. The molecular formula is C23H39NO2. The molecule has 0 bridgehead atoms. The first-order chi connectivity index (χ1) is 12.4. The van der Waals surface area contributed by atoms with E-state index in [1.807, 2.05) is 7.11 Å². The van der Waals surface area contributed by atoms with Gasteiger partial charge in [0.25, 0.3) is 0 Å². The van der Waals surface area contributed by atoms with Gasteiger partial charge in [0, 0.05) is 13.7 Å². The highest BCUT2D eigenvalue weighted by molar-refractivity contribution is 5.31. The Morgan fingerprint density at radius 1 is 1.12 bits per heavy atom. The predicted octanol–water partition coefficient (Wildman–Crippen LogP) is 5.28. The summed E-state index contributed by atoms with van der Waals surface area (Å²) in [6, 6.07) is 8.57. The number of likely N-dealkylation sites (tertiary alicyclic amines) is 1. The zero-order chi connectivity index (χ0) is 19.0. The molecule has 148 valence electrons. The van der Waals surface area contributed by atoms with Crippen molar-refractivity contribution in [3.63, 3.8) is 0 Å². The van der Waals surface area contributed by atoms with Crippen molar-refractivity contribution in [3.05, 3.63) is 29.8 Å². The van der Waals surface area contributed by atoms with Crippen LogP contribution < -0.4 is 4.74 Å². The lowest BCUT2D eigenvalue weighted by Gasteiger charge is -2.37. The maximum atomic E-state index is 6.01. The highest BCUT2D eigenvalue weighted by Crippen LogP contribution is 2.26. The number of piperidine rings is 1. The van der Waals surface area contributed by atoms with E-state index in [0.29, 0.717) is 12.0 Å². The molecule has 1 aliphatic heterocycles. The van der Waals surface area contributed by atoms with Gasteiger partial charge in [-0.2, -0.15) is 0 Å². The van der Waals surface area contributed by atoms with Gasteiger partial charge in [0.2, 0.25) is 0 Å². The monoisotopic (exact) mass is 361 g/mol. The lowest BCUT2D eigenvalue weighted by molar-refractivity contribution is -0.0180. The topological polar surface area (TPSA) is 21.7 Å². The van der Waals surface area contributed by atoms with Gasteiger partial charge in [0.1, 0.15) is 5.75 Å². The number of hydrogen-bond donors (Lipinski definition) is 0. The van der Waals surface area contributed by atoms with Crippen LogP contribution in [0.4, 0.5) is 0 Å². The Labute approximate surface area is 161 Å². The molecule has 0 spiro atoms. The molecule has 0 amide bonds. The number of unbranched alkanes of at least 4 members (excludes halogenated alkanes) is 2. The average molecular weight is 362 g/mol. The van der Waals surface area contributed by atoms with E-state index in [1.165, 1.54) is 44.3 Å². The minimum Gasteiger partial charge on any atom is -0.494 e. The van der Waals surface area contributed by atoms with E-state index >= 15 is 0 Å². The summed E-state index contributed by atoms with van der Waals surface area (Å²) >= 11 is 0. The van der Waals surface area contributed by atoms with Crippen LogP contribution in [0.1, 0.15) is 65.4 Å².